The van der Waals surface area contributed by atoms with Gasteiger partial charge in [-0.2, -0.15) is 0 Å². The van der Waals surface area contributed by atoms with Gasteiger partial charge in [-0.25, -0.2) is 8.42 Å². The molecule has 1 aliphatic rings. The maximum Gasteiger partial charge on any atom is 0.271 e. The smallest absolute Gasteiger partial charge is 0.271 e. The van der Waals surface area contributed by atoms with Crippen molar-refractivity contribution in [3.63, 3.8) is 0 Å². The lowest BCUT2D eigenvalue weighted by Crippen LogP contribution is -2.18. The van der Waals surface area contributed by atoms with Crippen LogP contribution >= 0.6 is 11.3 Å². The standard InChI is InChI=1S/C14H17N3O2S2/c18-21(19,17-12-2-1-8-15-10-12)14-6-5-13(20-14)7-9-16-11-3-4-11/h1-2,5-6,8,10-11,16-17H,3-4,7,9H2. The van der Waals surface area contributed by atoms with Crippen LogP contribution in [0.5, 0.6) is 0 Å². The van der Waals surface area contributed by atoms with E-state index < -0.39 is 10.0 Å². The zero-order valence-electron chi connectivity index (χ0n) is 11.5. The van der Waals surface area contributed by atoms with Crippen LogP contribution in [-0.2, 0) is 16.4 Å². The van der Waals surface area contributed by atoms with Gasteiger partial charge in [0.15, 0.2) is 0 Å². The minimum Gasteiger partial charge on any atom is -0.314 e. The molecular formula is C14H17N3O2S2. The molecule has 0 aromatic carbocycles. The van der Waals surface area contributed by atoms with Crippen LogP contribution in [-0.4, -0.2) is 26.0 Å². The van der Waals surface area contributed by atoms with Crippen molar-refractivity contribution in [3.8, 4) is 0 Å². The molecule has 0 aliphatic heterocycles. The van der Waals surface area contributed by atoms with Crippen LogP contribution in [0, 0.1) is 0 Å². The third-order valence-electron chi connectivity index (χ3n) is 3.20. The first-order valence-electron chi connectivity index (χ1n) is 6.88. The Bertz CT molecular complexity index is 694. The van der Waals surface area contributed by atoms with Crippen LogP contribution in [0.3, 0.4) is 0 Å². The van der Waals surface area contributed by atoms with Gasteiger partial charge in [-0.05, 0) is 43.5 Å². The Kier molecular flexibility index (Phi) is 4.23. The number of pyridine rings is 1. The van der Waals surface area contributed by atoms with Crippen molar-refractivity contribution in [2.75, 3.05) is 11.3 Å². The number of nitrogens with one attached hydrogen (secondary N) is 2. The molecule has 0 saturated heterocycles. The maximum absolute atomic E-state index is 12.3. The molecule has 21 heavy (non-hydrogen) atoms. The maximum atomic E-state index is 12.3. The summed E-state index contributed by atoms with van der Waals surface area (Å²) in [6.45, 7) is 0.903. The molecule has 1 fully saturated rings. The van der Waals surface area contributed by atoms with E-state index in [1.54, 1.807) is 24.4 Å². The summed E-state index contributed by atoms with van der Waals surface area (Å²) in [5.74, 6) is 0. The Morgan fingerprint density at radius 2 is 2.14 bits per heavy atom. The Morgan fingerprint density at radius 3 is 2.86 bits per heavy atom. The molecule has 0 atom stereocenters. The highest BCUT2D eigenvalue weighted by atomic mass is 32.2. The highest BCUT2D eigenvalue weighted by Gasteiger charge is 2.20. The highest BCUT2D eigenvalue weighted by molar-refractivity contribution is 7.94. The number of hydrogen-bond acceptors (Lipinski definition) is 5. The summed E-state index contributed by atoms with van der Waals surface area (Å²) in [6.07, 6.45) is 6.49. The van der Waals surface area contributed by atoms with Crippen LogP contribution in [0.4, 0.5) is 5.69 Å². The van der Waals surface area contributed by atoms with Crippen molar-refractivity contribution < 1.29 is 8.42 Å². The first-order chi connectivity index (χ1) is 10.1. The highest BCUT2D eigenvalue weighted by Crippen LogP contribution is 2.24. The summed E-state index contributed by atoms with van der Waals surface area (Å²) in [5.41, 5.74) is 0.475. The molecule has 112 valence electrons. The Morgan fingerprint density at radius 1 is 1.29 bits per heavy atom. The van der Waals surface area contributed by atoms with Gasteiger partial charge in [-0.15, -0.1) is 11.3 Å². The van der Waals surface area contributed by atoms with Crippen LogP contribution < -0.4 is 10.0 Å². The number of aromatic nitrogens is 1. The molecule has 7 heteroatoms. The van der Waals surface area contributed by atoms with Crippen molar-refractivity contribution >= 4 is 27.0 Å². The molecule has 1 aliphatic carbocycles. The first-order valence-corrected chi connectivity index (χ1v) is 9.18. The van der Waals surface area contributed by atoms with Crippen LogP contribution in [0.25, 0.3) is 0 Å². The molecule has 2 N–H and O–H groups in total. The normalized spacial score (nSPS) is 15.0. The molecule has 1 saturated carbocycles. The molecular weight excluding hydrogens is 306 g/mol. The lowest BCUT2D eigenvalue weighted by atomic mass is 10.3. The number of nitrogens with zero attached hydrogens (tertiary/aromatic N) is 1. The number of hydrogen-bond donors (Lipinski definition) is 2. The van der Waals surface area contributed by atoms with E-state index >= 15 is 0 Å². The quantitative estimate of drug-likeness (QED) is 0.820. The summed E-state index contributed by atoms with van der Waals surface area (Å²) < 4.78 is 27.4. The van der Waals surface area contributed by atoms with E-state index in [2.05, 4.69) is 15.0 Å². The Hall–Kier alpha value is -1.44. The van der Waals surface area contributed by atoms with Crippen LogP contribution in [0.1, 0.15) is 17.7 Å². The van der Waals surface area contributed by atoms with Crippen molar-refractivity contribution in [1.29, 1.82) is 0 Å². The van der Waals surface area contributed by atoms with E-state index in [9.17, 15) is 8.42 Å². The second-order valence-electron chi connectivity index (χ2n) is 5.05. The number of sulfonamides is 1. The summed E-state index contributed by atoms with van der Waals surface area (Å²) in [5, 5.41) is 3.43. The van der Waals surface area contributed by atoms with Crippen LogP contribution in [0.2, 0.25) is 0 Å². The SMILES string of the molecule is O=S(=O)(Nc1cccnc1)c1ccc(CCNC2CC2)s1. The first kappa shape index (κ1) is 14.5. The monoisotopic (exact) mass is 323 g/mol. The molecule has 2 aromatic heterocycles. The summed E-state index contributed by atoms with van der Waals surface area (Å²) in [7, 11) is -3.51. The predicted molar refractivity (Wildman–Crippen MR) is 84.1 cm³/mol. The van der Waals surface area contributed by atoms with Gasteiger partial charge in [0.25, 0.3) is 10.0 Å². The lowest BCUT2D eigenvalue weighted by Gasteiger charge is -2.05. The van der Waals surface area contributed by atoms with Gasteiger partial charge in [0.05, 0.1) is 11.9 Å². The fourth-order valence-electron chi connectivity index (χ4n) is 1.95. The fourth-order valence-corrected chi connectivity index (χ4v) is 4.35. The van der Waals surface area contributed by atoms with Gasteiger partial charge < -0.3 is 5.32 Å². The molecule has 0 amide bonds. The average molecular weight is 323 g/mol. The van der Waals surface area contributed by atoms with Gasteiger partial charge in [0.1, 0.15) is 4.21 Å². The summed E-state index contributed by atoms with van der Waals surface area (Å²) in [6, 6.07) is 7.60. The van der Waals surface area contributed by atoms with Gasteiger partial charge in [-0.1, -0.05) is 0 Å². The second-order valence-corrected chi connectivity index (χ2v) is 8.12. The van der Waals surface area contributed by atoms with E-state index in [1.165, 1.54) is 30.4 Å². The minimum absolute atomic E-state index is 0.341. The van der Waals surface area contributed by atoms with Crippen LogP contribution in [0.15, 0.2) is 40.9 Å². The number of anilines is 1. The third-order valence-corrected chi connectivity index (χ3v) is 6.22. The second kappa shape index (κ2) is 6.13. The Balaban J connectivity index is 1.63. The largest absolute Gasteiger partial charge is 0.314 e. The van der Waals surface area contributed by atoms with Crippen molar-refractivity contribution in [1.82, 2.24) is 10.3 Å². The van der Waals surface area contributed by atoms with E-state index in [-0.39, 0.29) is 0 Å². The number of rotatable bonds is 7. The molecule has 0 radical (unpaired) electrons. The fraction of sp³-hybridized carbons (Fsp3) is 0.357. The van der Waals surface area contributed by atoms with Crippen molar-refractivity contribution in [2.45, 2.75) is 29.5 Å². The minimum atomic E-state index is -3.51. The molecule has 3 rings (SSSR count). The van der Waals surface area contributed by atoms with E-state index in [0.29, 0.717) is 15.9 Å². The molecule has 0 spiro atoms. The average Bonchev–Trinajstić information content (AvgIpc) is 3.15. The zero-order chi connectivity index (χ0) is 14.7. The van der Waals surface area contributed by atoms with E-state index in [4.69, 9.17) is 0 Å². The third kappa shape index (κ3) is 4.03. The molecule has 0 unspecified atom stereocenters. The Labute approximate surface area is 128 Å². The number of thiophene rings is 1. The molecule has 2 aromatic rings. The molecule has 0 bridgehead atoms. The lowest BCUT2D eigenvalue weighted by molar-refractivity contribution is 0.603. The van der Waals surface area contributed by atoms with Crippen molar-refractivity contribution in [2.24, 2.45) is 0 Å². The predicted octanol–water partition coefficient (Wildman–Crippen LogP) is 2.24. The topological polar surface area (TPSA) is 71.1 Å². The van der Waals surface area contributed by atoms with Gasteiger partial charge >= 0.3 is 0 Å². The van der Waals surface area contributed by atoms with Crippen molar-refractivity contribution in [3.05, 3.63) is 41.5 Å². The van der Waals surface area contributed by atoms with Gasteiger partial charge in [-0.3, -0.25) is 9.71 Å². The van der Waals surface area contributed by atoms with Gasteiger partial charge in [0.2, 0.25) is 0 Å². The van der Waals surface area contributed by atoms with E-state index in [0.717, 1.165) is 17.8 Å². The summed E-state index contributed by atoms with van der Waals surface area (Å²) in [4.78, 5) is 4.98. The van der Waals surface area contributed by atoms with E-state index in [1.807, 2.05) is 6.07 Å². The molecule has 5 nitrogen and oxygen atoms in total. The van der Waals surface area contributed by atoms with Gasteiger partial charge in [0, 0.05) is 23.7 Å². The zero-order valence-corrected chi connectivity index (χ0v) is 13.1. The molecule has 2 heterocycles. The summed E-state index contributed by atoms with van der Waals surface area (Å²) >= 11 is 1.32.